The molecular formula is C13H14IN. The van der Waals surface area contributed by atoms with Gasteiger partial charge < -0.3 is 0 Å². The van der Waals surface area contributed by atoms with Crippen LogP contribution in [0.1, 0.15) is 18.4 Å². The topological polar surface area (TPSA) is 12.4 Å². The Hall–Kier alpha value is -0.640. The number of hydrogen-bond acceptors (Lipinski definition) is 1. The van der Waals surface area contributed by atoms with Crippen LogP contribution in [-0.4, -0.2) is 6.21 Å². The highest BCUT2D eigenvalue weighted by atomic mass is 127. The number of nitrogens with zero attached hydrogens (tertiary/aromatic N) is 1. The summed E-state index contributed by atoms with van der Waals surface area (Å²) < 4.78 is 1.30. The average Bonchev–Trinajstić information content (AvgIpc) is 2.30. The number of rotatable bonds is 3. The standard InChI is InChI=1S/C13H14IN/c14-13-7-5-11(6-8-13)3-4-12-2-1-9-15-10-12/h1,5-10,12H,2-4H2. The number of allylic oxidation sites excluding steroid dienone is 1. The van der Waals surface area contributed by atoms with Crippen molar-refractivity contribution in [3.05, 3.63) is 45.7 Å². The highest BCUT2D eigenvalue weighted by molar-refractivity contribution is 14.1. The van der Waals surface area contributed by atoms with Gasteiger partial charge in [-0.3, -0.25) is 4.99 Å². The van der Waals surface area contributed by atoms with Gasteiger partial charge in [0.25, 0.3) is 0 Å². The Morgan fingerprint density at radius 3 is 2.73 bits per heavy atom. The van der Waals surface area contributed by atoms with Gasteiger partial charge in [-0.05, 0) is 65.5 Å². The average molecular weight is 311 g/mol. The Balaban J connectivity index is 1.85. The minimum Gasteiger partial charge on any atom is -0.269 e. The molecule has 0 radical (unpaired) electrons. The molecule has 0 N–H and O–H groups in total. The monoisotopic (exact) mass is 311 g/mol. The minimum absolute atomic E-state index is 0.634. The van der Waals surface area contributed by atoms with Gasteiger partial charge in [0.15, 0.2) is 0 Å². The molecule has 2 heteroatoms. The Labute approximate surface area is 104 Å². The van der Waals surface area contributed by atoms with E-state index in [4.69, 9.17) is 0 Å². The summed E-state index contributed by atoms with van der Waals surface area (Å²) >= 11 is 2.34. The Bertz CT molecular complexity index is 365. The molecule has 0 bridgehead atoms. The summed E-state index contributed by atoms with van der Waals surface area (Å²) in [4.78, 5) is 4.18. The maximum Gasteiger partial charge on any atom is 0.0224 e. The third-order valence-electron chi connectivity index (χ3n) is 2.64. The zero-order valence-corrected chi connectivity index (χ0v) is 10.7. The number of hydrogen-bond donors (Lipinski definition) is 0. The third-order valence-corrected chi connectivity index (χ3v) is 3.36. The fourth-order valence-corrected chi connectivity index (χ4v) is 2.08. The first-order chi connectivity index (χ1) is 7.34. The van der Waals surface area contributed by atoms with Crippen molar-refractivity contribution in [2.75, 3.05) is 0 Å². The smallest absolute Gasteiger partial charge is 0.0224 e. The molecule has 78 valence electrons. The van der Waals surface area contributed by atoms with Crippen LogP contribution < -0.4 is 0 Å². The van der Waals surface area contributed by atoms with Crippen LogP contribution in [0.2, 0.25) is 0 Å². The van der Waals surface area contributed by atoms with Crippen molar-refractivity contribution in [2.45, 2.75) is 19.3 Å². The van der Waals surface area contributed by atoms with E-state index < -0.39 is 0 Å². The van der Waals surface area contributed by atoms with Gasteiger partial charge in [0.05, 0.1) is 0 Å². The Morgan fingerprint density at radius 1 is 1.27 bits per heavy atom. The molecule has 0 aromatic heterocycles. The first kappa shape index (κ1) is 10.9. The van der Waals surface area contributed by atoms with Crippen LogP contribution >= 0.6 is 22.6 Å². The van der Waals surface area contributed by atoms with Gasteiger partial charge in [-0.25, -0.2) is 0 Å². The van der Waals surface area contributed by atoms with Gasteiger partial charge in [-0.1, -0.05) is 18.2 Å². The molecule has 0 fully saturated rings. The van der Waals surface area contributed by atoms with E-state index in [2.05, 4.69) is 64.1 Å². The predicted octanol–water partition coefficient (Wildman–Crippen LogP) is 3.83. The first-order valence-electron chi connectivity index (χ1n) is 5.27. The van der Waals surface area contributed by atoms with Crippen molar-refractivity contribution in [3.8, 4) is 0 Å². The predicted molar refractivity (Wildman–Crippen MR) is 73.2 cm³/mol. The van der Waals surface area contributed by atoms with Gasteiger partial charge in [0.1, 0.15) is 0 Å². The fraction of sp³-hybridized carbons (Fsp3) is 0.308. The van der Waals surface area contributed by atoms with E-state index in [9.17, 15) is 0 Å². The lowest BCUT2D eigenvalue weighted by molar-refractivity contribution is 0.638. The van der Waals surface area contributed by atoms with Crippen LogP contribution in [0.3, 0.4) is 0 Å². The minimum atomic E-state index is 0.634. The second-order valence-electron chi connectivity index (χ2n) is 3.84. The second kappa shape index (κ2) is 5.45. The van der Waals surface area contributed by atoms with Crippen molar-refractivity contribution in [3.63, 3.8) is 0 Å². The molecule has 1 heterocycles. The molecule has 1 unspecified atom stereocenters. The van der Waals surface area contributed by atoms with Crippen LogP contribution in [0.25, 0.3) is 0 Å². The summed E-state index contributed by atoms with van der Waals surface area (Å²) in [5.41, 5.74) is 1.43. The SMILES string of the molecule is Ic1ccc(CCC2C=NC=CC2)cc1. The summed E-state index contributed by atoms with van der Waals surface area (Å²) in [6.45, 7) is 0. The van der Waals surface area contributed by atoms with E-state index in [0.29, 0.717) is 5.92 Å². The van der Waals surface area contributed by atoms with E-state index >= 15 is 0 Å². The van der Waals surface area contributed by atoms with Gasteiger partial charge in [0, 0.05) is 16.0 Å². The molecule has 0 saturated heterocycles. The summed E-state index contributed by atoms with van der Waals surface area (Å²) in [5.74, 6) is 0.634. The lowest BCUT2D eigenvalue weighted by Crippen LogP contribution is -2.04. The van der Waals surface area contributed by atoms with E-state index in [1.54, 1.807) is 0 Å². The lowest BCUT2D eigenvalue weighted by Gasteiger charge is -2.11. The molecule has 0 aliphatic carbocycles. The van der Waals surface area contributed by atoms with Gasteiger partial charge in [-0.2, -0.15) is 0 Å². The van der Waals surface area contributed by atoms with Crippen LogP contribution in [0, 0.1) is 9.49 Å². The van der Waals surface area contributed by atoms with Crippen LogP contribution in [-0.2, 0) is 6.42 Å². The van der Waals surface area contributed by atoms with Crippen molar-refractivity contribution >= 4 is 28.8 Å². The number of benzene rings is 1. The summed E-state index contributed by atoms with van der Waals surface area (Å²) in [5, 5.41) is 0. The highest BCUT2D eigenvalue weighted by Crippen LogP contribution is 2.15. The normalized spacial score (nSPS) is 19.4. The van der Waals surface area contributed by atoms with Crippen LogP contribution in [0.5, 0.6) is 0 Å². The fourth-order valence-electron chi connectivity index (χ4n) is 1.72. The molecular weight excluding hydrogens is 297 g/mol. The zero-order valence-electron chi connectivity index (χ0n) is 8.57. The van der Waals surface area contributed by atoms with Crippen molar-refractivity contribution in [2.24, 2.45) is 10.9 Å². The summed E-state index contributed by atoms with van der Waals surface area (Å²) in [7, 11) is 0. The molecule has 0 spiro atoms. The van der Waals surface area contributed by atoms with Crippen molar-refractivity contribution < 1.29 is 0 Å². The molecule has 1 nitrogen and oxygen atoms in total. The van der Waals surface area contributed by atoms with Crippen LogP contribution in [0.15, 0.2) is 41.5 Å². The second-order valence-corrected chi connectivity index (χ2v) is 5.09. The molecule has 0 amide bonds. The summed E-state index contributed by atoms with van der Waals surface area (Å²) in [6, 6.07) is 8.78. The van der Waals surface area contributed by atoms with Gasteiger partial charge in [0.2, 0.25) is 0 Å². The van der Waals surface area contributed by atoms with Gasteiger partial charge in [-0.15, -0.1) is 0 Å². The molecule has 1 aliphatic rings. The quantitative estimate of drug-likeness (QED) is 0.752. The number of halogens is 1. The Kier molecular flexibility index (Phi) is 3.94. The molecule has 1 aliphatic heterocycles. The van der Waals surface area contributed by atoms with E-state index in [1.807, 2.05) is 6.20 Å². The van der Waals surface area contributed by atoms with E-state index in [0.717, 1.165) is 12.8 Å². The van der Waals surface area contributed by atoms with Gasteiger partial charge >= 0.3 is 0 Å². The molecule has 15 heavy (non-hydrogen) atoms. The number of aryl methyl sites for hydroxylation is 1. The summed E-state index contributed by atoms with van der Waals surface area (Å²) in [6.07, 6.45) is 9.62. The van der Waals surface area contributed by atoms with E-state index in [1.165, 1.54) is 15.6 Å². The largest absolute Gasteiger partial charge is 0.269 e. The first-order valence-corrected chi connectivity index (χ1v) is 6.35. The maximum absolute atomic E-state index is 4.18. The maximum atomic E-state index is 4.18. The molecule has 1 aromatic rings. The molecule has 2 rings (SSSR count). The molecule has 1 atom stereocenters. The van der Waals surface area contributed by atoms with Crippen molar-refractivity contribution in [1.29, 1.82) is 0 Å². The molecule has 1 aromatic carbocycles. The van der Waals surface area contributed by atoms with E-state index in [-0.39, 0.29) is 0 Å². The highest BCUT2D eigenvalue weighted by Gasteiger charge is 2.06. The number of aliphatic imine (C=N–C) groups is 1. The van der Waals surface area contributed by atoms with Crippen molar-refractivity contribution in [1.82, 2.24) is 0 Å². The van der Waals surface area contributed by atoms with Crippen LogP contribution in [0.4, 0.5) is 0 Å². The Morgan fingerprint density at radius 2 is 2.07 bits per heavy atom. The third kappa shape index (κ3) is 3.45. The molecule has 0 saturated carbocycles. The lowest BCUT2D eigenvalue weighted by atomic mass is 9.97. The zero-order chi connectivity index (χ0) is 10.5.